The van der Waals surface area contributed by atoms with E-state index in [1.165, 1.54) is 0 Å². The first-order valence-corrected chi connectivity index (χ1v) is 5.39. The molecule has 0 spiro atoms. The van der Waals surface area contributed by atoms with Gasteiger partial charge in [-0.05, 0) is 25.3 Å². The van der Waals surface area contributed by atoms with Gasteiger partial charge in [0.25, 0.3) is 5.92 Å². The summed E-state index contributed by atoms with van der Waals surface area (Å²) in [6.45, 7) is 2.12. The molecule has 16 heavy (non-hydrogen) atoms. The maximum Gasteiger partial charge on any atom is 0.271 e. The zero-order chi connectivity index (χ0) is 11.1. The molecule has 3 atom stereocenters. The summed E-state index contributed by atoms with van der Waals surface area (Å²) in [5.41, 5.74) is 0. The first-order valence-electron chi connectivity index (χ1n) is 5.39. The van der Waals surface area contributed by atoms with E-state index >= 15 is 0 Å². The SMILES string of the molecule is CC1CC1NC(=O)C1CCNCC1(F)F.Cl. The Hall–Kier alpha value is -0.420. The maximum absolute atomic E-state index is 13.4. The highest BCUT2D eigenvalue weighted by atomic mass is 35.5. The van der Waals surface area contributed by atoms with E-state index in [4.69, 9.17) is 0 Å². The molecule has 2 fully saturated rings. The van der Waals surface area contributed by atoms with Crippen molar-refractivity contribution in [1.82, 2.24) is 10.6 Å². The van der Waals surface area contributed by atoms with Crippen LogP contribution in [0.5, 0.6) is 0 Å². The fraction of sp³-hybridized carbons (Fsp3) is 0.900. The molecule has 2 rings (SSSR count). The summed E-state index contributed by atoms with van der Waals surface area (Å²) >= 11 is 0. The predicted molar refractivity (Wildman–Crippen MR) is 58.9 cm³/mol. The molecule has 0 radical (unpaired) electrons. The van der Waals surface area contributed by atoms with E-state index in [2.05, 4.69) is 10.6 Å². The number of alkyl halides is 2. The summed E-state index contributed by atoms with van der Waals surface area (Å²) in [4.78, 5) is 11.6. The minimum atomic E-state index is -2.90. The minimum Gasteiger partial charge on any atom is -0.353 e. The monoisotopic (exact) mass is 254 g/mol. The van der Waals surface area contributed by atoms with Gasteiger partial charge in [-0.15, -0.1) is 12.4 Å². The van der Waals surface area contributed by atoms with Crippen LogP contribution in [0.15, 0.2) is 0 Å². The van der Waals surface area contributed by atoms with E-state index in [1.54, 1.807) is 0 Å². The van der Waals surface area contributed by atoms with E-state index in [1.807, 2.05) is 6.92 Å². The van der Waals surface area contributed by atoms with Crippen molar-refractivity contribution in [3.05, 3.63) is 0 Å². The van der Waals surface area contributed by atoms with Gasteiger partial charge >= 0.3 is 0 Å². The van der Waals surface area contributed by atoms with Gasteiger partial charge in [0, 0.05) is 6.04 Å². The molecule has 0 aromatic carbocycles. The van der Waals surface area contributed by atoms with Crippen molar-refractivity contribution >= 4 is 18.3 Å². The normalized spacial score (nSPS) is 36.1. The molecule has 1 saturated heterocycles. The van der Waals surface area contributed by atoms with Crippen LogP contribution >= 0.6 is 12.4 Å². The lowest BCUT2D eigenvalue weighted by Crippen LogP contribution is -2.52. The molecule has 1 heterocycles. The van der Waals surface area contributed by atoms with Crippen molar-refractivity contribution in [3.8, 4) is 0 Å². The molecule has 1 amide bonds. The molecule has 3 unspecified atom stereocenters. The number of amides is 1. The Morgan fingerprint density at radius 2 is 2.12 bits per heavy atom. The zero-order valence-electron chi connectivity index (χ0n) is 9.13. The molecular weight excluding hydrogens is 238 g/mol. The quantitative estimate of drug-likeness (QED) is 0.777. The Labute approximate surface area is 99.8 Å². The number of halogens is 3. The van der Waals surface area contributed by atoms with Crippen LogP contribution < -0.4 is 10.6 Å². The Balaban J connectivity index is 0.00000128. The van der Waals surface area contributed by atoms with Gasteiger partial charge in [-0.2, -0.15) is 0 Å². The number of hydrogen-bond donors (Lipinski definition) is 2. The zero-order valence-corrected chi connectivity index (χ0v) is 9.95. The van der Waals surface area contributed by atoms with Crippen molar-refractivity contribution in [2.75, 3.05) is 13.1 Å². The lowest BCUT2D eigenvalue weighted by molar-refractivity contribution is -0.143. The summed E-state index contributed by atoms with van der Waals surface area (Å²) in [7, 11) is 0. The second kappa shape index (κ2) is 4.84. The van der Waals surface area contributed by atoms with Crippen molar-refractivity contribution in [1.29, 1.82) is 0 Å². The lowest BCUT2D eigenvalue weighted by Gasteiger charge is -2.30. The molecule has 1 aliphatic carbocycles. The topological polar surface area (TPSA) is 41.1 Å². The van der Waals surface area contributed by atoms with E-state index in [-0.39, 0.29) is 31.4 Å². The minimum absolute atomic E-state index is 0. The Bertz CT molecular complexity index is 276. The molecule has 94 valence electrons. The second-order valence-electron chi connectivity index (χ2n) is 4.61. The standard InChI is InChI=1S/C10H16F2N2O.ClH/c1-6-4-8(6)14-9(15)7-2-3-13-5-10(7,11)12;/h6-8,13H,2-5H2,1H3,(H,14,15);1H. The van der Waals surface area contributed by atoms with Gasteiger partial charge in [0.15, 0.2) is 0 Å². The van der Waals surface area contributed by atoms with Crippen LogP contribution in [0.4, 0.5) is 8.78 Å². The highest BCUT2D eigenvalue weighted by molar-refractivity contribution is 5.85. The third kappa shape index (κ3) is 2.83. The summed E-state index contributed by atoms with van der Waals surface area (Å²) in [6.07, 6.45) is 1.14. The maximum atomic E-state index is 13.4. The second-order valence-corrected chi connectivity index (χ2v) is 4.61. The molecule has 1 aliphatic heterocycles. The fourth-order valence-electron chi connectivity index (χ4n) is 1.97. The predicted octanol–water partition coefficient (Wildman–Crippen LogP) is 1.18. The van der Waals surface area contributed by atoms with Gasteiger partial charge in [-0.3, -0.25) is 4.79 Å². The van der Waals surface area contributed by atoms with Crippen LogP contribution in [0, 0.1) is 11.8 Å². The van der Waals surface area contributed by atoms with Crippen molar-refractivity contribution in [2.24, 2.45) is 11.8 Å². The van der Waals surface area contributed by atoms with E-state index in [0.29, 0.717) is 12.5 Å². The van der Waals surface area contributed by atoms with Gasteiger partial charge in [-0.25, -0.2) is 8.78 Å². The molecule has 6 heteroatoms. The van der Waals surface area contributed by atoms with Gasteiger partial charge < -0.3 is 10.6 Å². The lowest BCUT2D eigenvalue weighted by atomic mass is 9.93. The number of carbonyl (C=O) groups excluding carboxylic acids is 1. The van der Waals surface area contributed by atoms with E-state index < -0.39 is 17.7 Å². The summed E-state index contributed by atoms with van der Waals surface area (Å²) in [5, 5.41) is 5.29. The molecule has 3 nitrogen and oxygen atoms in total. The third-order valence-electron chi connectivity index (χ3n) is 3.23. The molecule has 0 aromatic rings. The van der Waals surface area contributed by atoms with Crippen LogP contribution in [0.25, 0.3) is 0 Å². The Morgan fingerprint density at radius 1 is 1.50 bits per heavy atom. The van der Waals surface area contributed by atoms with Crippen LogP contribution in [-0.4, -0.2) is 31.0 Å². The number of hydrogen-bond acceptors (Lipinski definition) is 2. The number of piperidine rings is 1. The number of nitrogens with one attached hydrogen (secondary N) is 2. The molecule has 0 bridgehead atoms. The van der Waals surface area contributed by atoms with Crippen molar-refractivity contribution < 1.29 is 13.6 Å². The first kappa shape index (κ1) is 13.6. The Morgan fingerprint density at radius 3 is 2.62 bits per heavy atom. The van der Waals surface area contributed by atoms with Crippen LogP contribution in [-0.2, 0) is 4.79 Å². The highest BCUT2D eigenvalue weighted by Gasteiger charge is 2.47. The molecule has 2 N–H and O–H groups in total. The average Bonchev–Trinajstić information content (AvgIpc) is 2.80. The largest absolute Gasteiger partial charge is 0.353 e. The van der Waals surface area contributed by atoms with E-state index in [9.17, 15) is 13.6 Å². The molecular formula is C10H17ClF2N2O. The highest BCUT2D eigenvalue weighted by Crippen LogP contribution is 2.33. The van der Waals surface area contributed by atoms with Gasteiger partial charge in [0.05, 0.1) is 6.54 Å². The molecule has 0 aromatic heterocycles. The molecule has 2 aliphatic rings. The fourth-order valence-corrected chi connectivity index (χ4v) is 1.97. The van der Waals surface area contributed by atoms with Crippen LogP contribution in [0.3, 0.4) is 0 Å². The van der Waals surface area contributed by atoms with Gasteiger partial charge in [0.2, 0.25) is 5.91 Å². The number of carbonyl (C=O) groups is 1. The summed E-state index contributed by atoms with van der Waals surface area (Å²) in [5.74, 6) is -4.08. The van der Waals surface area contributed by atoms with E-state index in [0.717, 1.165) is 6.42 Å². The first-order chi connectivity index (χ1) is 7.00. The van der Waals surface area contributed by atoms with Crippen molar-refractivity contribution in [2.45, 2.75) is 31.7 Å². The van der Waals surface area contributed by atoms with Gasteiger partial charge in [0.1, 0.15) is 5.92 Å². The molecule has 1 saturated carbocycles. The van der Waals surface area contributed by atoms with Crippen LogP contribution in [0.2, 0.25) is 0 Å². The van der Waals surface area contributed by atoms with Crippen LogP contribution in [0.1, 0.15) is 19.8 Å². The average molecular weight is 255 g/mol. The summed E-state index contributed by atoms with van der Waals surface area (Å²) in [6, 6.07) is 0.128. The van der Waals surface area contributed by atoms with Gasteiger partial charge in [-0.1, -0.05) is 6.92 Å². The summed E-state index contributed by atoms with van der Waals surface area (Å²) < 4.78 is 26.7. The van der Waals surface area contributed by atoms with Crippen molar-refractivity contribution in [3.63, 3.8) is 0 Å². The Kier molecular flexibility index (Phi) is 4.12. The number of rotatable bonds is 2. The smallest absolute Gasteiger partial charge is 0.271 e. The third-order valence-corrected chi connectivity index (χ3v) is 3.23.